The van der Waals surface area contributed by atoms with Crippen LogP contribution in [0.15, 0.2) is 53.4 Å². The molecule has 0 heterocycles. The molecular formula is C22H30N4O3S. The number of nitrogens with one attached hydrogen (secondary N) is 3. The van der Waals surface area contributed by atoms with Gasteiger partial charge in [-0.3, -0.25) is 9.59 Å². The largest absolute Gasteiger partial charge is 0.385 e. The van der Waals surface area contributed by atoms with Crippen LogP contribution < -0.4 is 16.0 Å². The first-order valence-corrected chi connectivity index (χ1v) is 10.6. The summed E-state index contributed by atoms with van der Waals surface area (Å²) >= 11 is 1.69. The van der Waals surface area contributed by atoms with Crippen molar-refractivity contribution in [2.45, 2.75) is 25.7 Å². The fourth-order valence-corrected chi connectivity index (χ4v) is 3.40. The summed E-state index contributed by atoms with van der Waals surface area (Å²) in [5.74, 6) is -0.545. The highest BCUT2D eigenvalue weighted by Crippen LogP contribution is 2.23. The molecule has 2 aromatic carbocycles. The molecular weight excluding hydrogens is 400 g/mol. The van der Waals surface area contributed by atoms with Gasteiger partial charge >= 0.3 is 0 Å². The minimum absolute atomic E-state index is 0.0881. The smallest absolute Gasteiger partial charge is 0.253 e. The van der Waals surface area contributed by atoms with E-state index in [2.05, 4.69) is 34.1 Å². The Balaban J connectivity index is 0.00000218. The van der Waals surface area contributed by atoms with Gasteiger partial charge in [-0.1, -0.05) is 26.0 Å². The van der Waals surface area contributed by atoms with E-state index in [9.17, 15) is 9.59 Å². The molecule has 0 fully saturated rings. The Labute approximate surface area is 182 Å². The highest BCUT2D eigenvalue weighted by atomic mass is 32.2. The van der Waals surface area contributed by atoms with Crippen molar-refractivity contribution in [3.63, 3.8) is 0 Å². The van der Waals surface area contributed by atoms with Crippen LogP contribution in [0, 0.1) is 0 Å². The van der Waals surface area contributed by atoms with Gasteiger partial charge in [-0.25, -0.2) is 4.31 Å². The number of hydrogen-bond donors (Lipinski definition) is 3. The summed E-state index contributed by atoms with van der Waals surface area (Å²) in [5, 5.41) is 8.62. The van der Waals surface area contributed by atoms with Gasteiger partial charge in [0, 0.05) is 35.9 Å². The molecule has 2 amide bonds. The topological polar surface area (TPSA) is 90.5 Å². The normalized spacial score (nSPS) is 10.0. The standard InChI is InChI=1S/C21H28N4O2S.CH2O/c1-4-22-19-10-8-7-9-18(19)21(27)23-15-20(26)24-16-11-13-17(14-12-16)28-25(5-2)6-3;1-2/h7-14,22H,4-6,15H2,1-3H3,(H,23,27)(H,24,26);1H2. The second-order valence-electron chi connectivity index (χ2n) is 6.04. The predicted octanol–water partition coefficient (Wildman–Crippen LogP) is 3.65. The Morgan fingerprint density at radius 1 is 0.967 bits per heavy atom. The zero-order chi connectivity index (χ0) is 22.4. The Morgan fingerprint density at radius 3 is 2.20 bits per heavy atom. The van der Waals surface area contributed by atoms with Crippen LogP contribution in [0.4, 0.5) is 11.4 Å². The molecule has 2 aromatic rings. The van der Waals surface area contributed by atoms with Crippen LogP contribution in [-0.2, 0) is 9.59 Å². The van der Waals surface area contributed by atoms with E-state index in [1.165, 1.54) is 0 Å². The Hall–Kier alpha value is -2.84. The van der Waals surface area contributed by atoms with E-state index < -0.39 is 0 Å². The number of anilines is 2. The van der Waals surface area contributed by atoms with Crippen molar-refractivity contribution in [1.29, 1.82) is 0 Å². The van der Waals surface area contributed by atoms with Gasteiger partial charge in [0.1, 0.15) is 6.79 Å². The van der Waals surface area contributed by atoms with Crippen molar-refractivity contribution in [1.82, 2.24) is 9.62 Å². The highest BCUT2D eigenvalue weighted by molar-refractivity contribution is 7.97. The molecule has 0 saturated carbocycles. The van der Waals surface area contributed by atoms with E-state index in [4.69, 9.17) is 4.79 Å². The van der Waals surface area contributed by atoms with Gasteiger partial charge in [-0.05, 0) is 55.3 Å². The van der Waals surface area contributed by atoms with E-state index in [1.54, 1.807) is 24.1 Å². The number of benzene rings is 2. The van der Waals surface area contributed by atoms with Gasteiger partial charge in [-0.2, -0.15) is 0 Å². The third kappa shape index (κ3) is 8.26. The van der Waals surface area contributed by atoms with E-state index in [0.29, 0.717) is 17.8 Å². The number of hydrogen-bond acceptors (Lipinski definition) is 6. The summed E-state index contributed by atoms with van der Waals surface area (Å²) in [4.78, 5) is 33.6. The van der Waals surface area contributed by atoms with Crippen LogP contribution in [0.25, 0.3) is 0 Å². The molecule has 8 heteroatoms. The second kappa shape index (κ2) is 14.2. The molecule has 0 atom stereocenters. The van der Waals surface area contributed by atoms with Gasteiger partial charge in [0.2, 0.25) is 5.91 Å². The molecule has 0 saturated heterocycles. The number of nitrogens with zero attached hydrogens (tertiary/aromatic N) is 1. The van der Waals surface area contributed by atoms with Gasteiger partial charge in [-0.15, -0.1) is 0 Å². The monoisotopic (exact) mass is 430 g/mol. The summed E-state index contributed by atoms with van der Waals surface area (Å²) in [5.41, 5.74) is 1.98. The predicted molar refractivity (Wildman–Crippen MR) is 124 cm³/mol. The fourth-order valence-electron chi connectivity index (χ4n) is 2.59. The summed E-state index contributed by atoms with van der Waals surface area (Å²) in [7, 11) is 0. The molecule has 2 rings (SSSR count). The van der Waals surface area contributed by atoms with Crippen molar-refractivity contribution in [2.24, 2.45) is 0 Å². The number of amides is 2. The maximum Gasteiger partial charge on any atom is 0.253 e. The van der Waals surface area contributed by atoms with Crippen LogP contribution in [0.3, 0.4) is 0 Å². The van der Waals surface area contributed by atoms with E-state index in [0.717, 1.165) is 23.7 Å². The highest BCUT2D eigenvalue weighted by Gasteiger charge is 2.12. The Morgan fingerprint density at radius 2 is 1.60 bits per heavy atom. The molecule has 0 bridgehead atoms. The summed E-state index contributed by atoms with van der Waals surface area (Å²) in [6, 6.07) is 14.9. The van der Waals surface area contributed by atoms with Crippen LogP contribution in [0.5, 0.6) is 0 Å². The SMILES string of the molecule is C=O.CCNc1ccccc1C(=O)NCC(=O)Nc1ccc(SN(CC)CC)cc1. The molecule has 0 aliphatic heterocycles. The van der Waals surface area contributed by atoms with Crippen molar-refractivity contribution >= 4 is 41.9 Å². The van der Waals surface area contributed by atoms with Gasteiger partial charge in [0.05, 0.1) is 12.1 Å². The van der Waals surface area contributed by atoms with Crippen LogP contribution in [-0.4, -0.2) is 49.1 Å². The van der Waals surface area contributed by atoms with E-state index in [-0.39, 0.29) is 18.4 Å². The van der Waals surface area contributed by atoms with Gasteiger partial charge < -0.3 is 20.7 Å². The average Bonchev–Trinajstić information content (AvgIpc) is 2.79. The molecule has 30 heavy (non-hydrogen) atoms. The maximum atomic E-state index is 12.4. The van der Waals surface area contributed by atoms with Crippen LogP contribution in [0.2, 0.25) is 0 Å². The molecule has 0 unspecified atom stereocenters. The summed E-state index contributed by atoms with van der Waals surface area (Å²) < 4.78 is 2.24. The van der Waals surface area contributed by atoms with Gasteiger partial charge in [0.15, 0.2) is 0 Å². The average molecular weight is 431 g/mol. The lowest BCUT2D eigenvalue weighted by Gasteiger charge is -2.16. The first-order valence-electron chi connectivity index (χ1n) is 9.80. The number of para-hydroxylation sites is 1. The zero-order valence-electron chi connectivity index (χ0n) is 17.7. The van der Waals surface area contributed by atoms with Crippen molar-refractivity contribution in [3.8, 4) is 0 Å². The minimum atomic E-state index is -0.280. The Bertz CT molecular complexity index is 795. The van der Waals surface area contributed by atoms with E-state index >= 15 is 0 Å². The molecule has 0 aromatic heterocycles. The lowest BCUT2D eigenvalue weighted by molar-refractivity contribution is -0.115. The molecule has 0 spiro atoms. The van der Waals surface area contributed by atoms with Crippen molar-refractivity contribution < 1.29 is 14.4 Å². The zero-order valence-corrected chi connectivity index (χ0v) is 18.6. The third-order valence-corrected chi connectivity index (χ3v) is 5.28. The molecule has 0 radical (unpaired) electrons. The second-order valence-corrected chi connectivity index (χ2v) is 7.21. The first kappa shape index (κ1) is 25.2. The number of rotatable bonds is 10. The third-order valence-electron chi connectivity index (χ3n) is 4.03. The van der Waals surface area contributed by atoms with Crippen molar-refractivity contribution in [2.75, 3.05) is 36.8 Å². The molecule has 162 valence electrons. The maximum absolute atomic E-state index is 12.4. The Kier molecular flexibility index (Phi) is 11.9. The van der Waals surface area contributed by atoms with E-state index in [1.807, 2.05) is 50.1 Å². The van der Waals surface area contributed by atoms with Crippen LogP contribution >= 0.6 is 11.9 Å². The van der Waals surface area contributed by atoms with Crippen molar-refractivity contribution in [3.05, 3.63) is 54.1 Å². The molecule has 0 aliphatic carbocycles. The molecule has 7 nitrogen and oxygen atoms in total. The number of carbonyl (C=O) groups is 3. The quantitative estimate of drug-likeness (QED) is 0.499. The van der Waals surface area contributed by atoms with Crippen LogP contribution in [0.1, 0.15) is 31.1 Å². The lowest BCUT2D eigenvalue weighted by atomic mass is 10.1. The fraction of sp³-hybridized carbons (Fsp3) is 0.318. The summed E-state index contributed by atoms with van der Waals surface area (Å²) in [6.07, 6.45) is 0. The lowest BCUT2D eigenvalue weighted by Crippen LogP contribution is -2.33. The summed E-state index contributed by atoms with van der Waals surface area (Å²) in [6.45, 7) is 10.8. The molecule has 0 aliphatic rings. The minimum Gasteiger partial charge on any atom is -0.385 e. The van der Waals surface area contributed by atoms with Gasteiger partial charge in [0.25, 0.3) is 5.91 Å². The number of carbonyl (C=O) groups excluding carboxylic acids is 3. The first-order chi connectivity index (χ1) is 14.6. The molecule has 3 N–H and O–H groups in total.